The number of benzene rings is 1. The molecule has 2 N–H and O–H groups in total. The summed E-state index contributed by atoms with van der Waals surface area (Å²) < 4.78 is 4.97. The third-order valence-corrected chi connectivity index (χ3v) is 2.65. The van der Waals surface area contributed by atoms with Crippen LogP contribution in [-0.2, 0) is 4.74 Å². The largest absolute Gasteiger partial charge is 0.383 e. The lowest BCUT2D eigenvalue weighted by molar-refractivity contribution is 0.210. The molecule has 0 unspecified atom stereocenters. The molecule has 0 atom stereocenters. The average Bonchev–Trinajstić information content (AvgIpc) is 2.42. The molecule has 0 saturated carbocycles. The molecule has 2 aromatic rings. The highest BCUT2D eigenvalue weighted by Crippen LogP contribution is 2.18. The van der Waals surface area contributed by atoms with Gasteiger partial charge in [0.25, 0.3) is 0 Å². The minimum absolute atomic E-state index is 0.629. The third kappa shape index (κ3) is 4.39. The van der Waals surface area contributed by atoms with E-state index < -0.39 is 0 Å². The van der Waals surface area contributed by atoms with Gasteiger partial charge in [-0.1, -0.05) is 11.6 Å². The van der Waals surface area contributed by atoms with E-state index in [4.69, 9.17) is 16.3 Å². The Balaban J connectivity index is 2.00. The van der Waals surface area contributed by atoms with Gasteiger partial charge in [-0.3, -0.25) is 0 Å². The maximum atomic E-state index is 5.84. The molecule has 0 aliphatic heterocycles. The van der Waals surface area contributed by atoms with Gasteiger partial charge in [-0.2, -0.15) is 0 Å². The monoisotopic (exact) mass is 278 g/mol. The van der Waals surface area contributed by atoms with E-state index >= 15 is 0 Å². The molecule has 0 aliphatic carbocycles. The number of halogens is 1. The van der Waals surface area contributed by atoms with Crippen molar-refractivity contribution in [2.75, 3.05) is 30.9 Å². The van der Waals surface area contributed by atoms with E-state index in [2.05, 4.69) is 20.6 Å². The van der Waals surface area contributed by atoms with Crippen molar-refractivity contribution in [3.63, 3.8) is 0 Å². The van der Waals surface area contributed by atoms with E-state index in [1.54, 1.807) is 7.11 Å². The van der Waals surface area contributed by atoms with Crippen molar-refractivity contribution in [1.29, 1.82) is 0 Å². The summed E-state index contributed by atoms with van der Waals surface area (Å²) in [5.74, 6) is 1.47. The van der Waals surface area contributed by atoms with Crippen molar-refractivity contribution in [2.45, 2.75) is 0 Å². The standard InChI is InChI=1S/C13H15ClN4O/c1-19-7-6-15-12-8-13(17-9-16-12)18-11-4-2-10(14)3-5-11/h2-5,8-9H,6-7H2,1H3,(H2,15,16,17,18). The summed E-state index contributed by atoms with van der Waals surface area (Å²) in [7, 11) is 1.66. The van der Waals surface area contributed by atoms with E-state index in [1.165, 1.54) is 6.33 Å². The number of hydrogen-bond donors (Lipinski definition) is 2. The Hall–Kier alpha value is -1.85. The number of ether oxygens (including phenoxy) is 1. The van der Waals surface area contributed by atoms with Crippen LogP contribution in [0.25, 0.3) is 0 Å². The predicted octanol–water partition coefficient (Wildman–Crippen LogP) is 2.93. The minimum Gasteiger partial charge on any atom is -0.383 e. The number of aromatic nitrogens is 2. The van der Waals surface area contributed by atoms with Gasteiger partial charge >= 0.3 is 0 Å². The molecule has 1 aromatic heterocycles. The van der Waals surface area contributed by atoms with Gasteiger partial charge < -0.3 is 15.4 Å². The molecule has 0 spiro atoms. The summed E-state index contributed by atoms with van der Waals surface area (Å²) in [5.41, 5.74) is 0.922. The van der Waals surface area contributed by atoms with Crippen molar-refractivity contribution >= 4 is 28.9 Å². The smallest absolute Gasteiger partial charge is 0.135 e. The zero-order valence-electron chi connectivity index (χ0n) is 10.6. The second-order valence-corrected chi connectivity index (χ2v) is 4.28. The fourth-order valence-electron chi connectivity index (χ4n) is 1.48. The summed E-state index contributed by atoms with van der Waals surface area (Å²) in [6.07, 6.45) is 1.51. The quantitative estimate of drug-likeness (QED) is 0.796. The average molecular weight is 279 g/mol. The van der Waals surface area contributed by atoms with E-state index in [9.17, 15) is 0 Å². The maximum absolute atomic E-state index is 5.84. The highest BCUT2D eigenvalue weighted by molar-refractivity contribution is 6.30. The number of nitrogens with zero attached hydrogens (tertiary/aromatic N) is 2. The Bertz CT molecular complexity index is 518. The molecular weight excluding hydrogens is 264 g/mol. The first-order valence-corrected chi connectivity index (χ1v) is 6.23. The van der Waals surface area contributed by atoms with Crippen LogP contribution in [0.5, 0.6) is 0 Å². The highest BCUT2D eigenvalue weighted by Gasteiger charge is 1.99. The Kier molecular flexibility index (Phi) is 4.94. The molecule has 6 heteroatoms. The Morgan fingerprint density at radius 1 is 1.16 bits per heavy atom. The second-order valence-electron chi connectivity index (χ2n) is 3.84. The van der Waals surface area contributed by atoms with E-state index in [1.807, 2.05) is 30.3 Å². The van der Waals surface area contributed by atoms with Gasteiger partial charge in [0.05, 0.1) is 6.61 Å². The van der Waals surface area contributed by atoms with Crippen LogP contribution >= 0.6 is 11.6 Å². The first kappa shape index (κ1) is 13.6. The second kappa shape index (κ2) is 6.92. The molecule has 1 heterocycles. The summed E-state index contributed by atoms with van der Waals surface area (Å²) in [6, 6.07) is 9.26. The number of methoxy groups -OCH3 is 1. The first-order valence-electron chi connectivity index (χ1n) is 5.85. The van der Waals surface area contributed by atoms with Crippen LogP contribution in [0.15, 0.2) is 36.7 Å². The van der Waals surface area contributed by atoms with Gasteiger partial charge in [0.1, 0.15) is 18.0 Å². The SMILES string of the molecule is COCCNc1cc(Nc2ccc(Cl)cc2)ncn1. The van der Waals surface area contributed by atoms with Crippen molar-refractivity contribution < 1.29 is 4.74 Å². The summed E-state index contributed by atoms with van der Waals surface area (Å²) in [5, 5.41) is 7.03. The molecular formula is C13H15ClN4O. The Labute approximate surface area is 117 Å². The summed E-state index contributed by atoms with van der Waals surface area (Å²) in [6.45, 7) is 1.33. The van der Waals surface area contributed by atoms with E-state index in [0.29, 0.717) is 18.2 Å². The molecule has 19 heavy (non-hydrogen) atoms. The lowest BCUT2D eigenvalue weighted by Gasteiger charge is -2.08. The van der Waals surface area contributed by atoms with E-state index in [0.717, 1.165) is 17.3 Å². The maximum Gasteiger partial charge on any atom is 0.135 e. The topological polar surface area (TPSA) is 59.1 Å². The van der Waals surface area contributed by atoms with Crippen LogP contribution < -0.4 is 10.6 Å². The van der Waals surface area contributed by atoms with E-state index in [-0.39, 0.29) is 0 Å². The van der Waals surface area contributed by atoms with Gasteiger partial charge in [-0.15, -0.1) is 0 Å². The molecule has 0 amide bonds. The molecule has 0 radical (unpaired) electrons. The summed E-state index contributed by atoms with van der Waals surface area (Å²) in [4.78, 5) is 8.29. The molecule has 0 saturated heterocycles. The zero-order valence-corrected chi connectivity index (χ0v) is 11.3. The van der Waals surface area contributed by atoms with Crippen LogP contribution in [0.1, 0.15) is 0 Å². The lowest BCUT2D eigenvalue weighted by atomic mass is 10.3. The lowest BCUT2D eigenvalue weighted by Crippen LogP contribution is -2.09. The third-order valence-electron chi connectivity index (χ3n) is 2.40. The fourth-order valence-corrected chi connectivity index (χ4v) is 1.61. The Morgan fingerprint density at radius 2 is 1.89 bits per heavy atom. The van der Waals surface area contributed by atoms with Crippen LogP contribution in [0.4, 0.5) is 17.3 Å². The van der Waals surface area contributed by atoms with Crippen LogP contribution in [-0.4, -0.2) is 30.2 Å². The number of hydrogen-bond acceptors (Lipinski definition) is 5. The molecule has 0 aliphatic rings. The van der Waals surface area contributed by atoms with Crippen LogP contribution in [0, 0.1) is 0 Å². The van der Waals surface area contributed by atoms with Crippen molar-refractivity contribution in [1.82, 2.24) is 9.97 Å². The van der Waals surface area contributed by atoms with Gasteiger partial charge in [0, 0.05) is 30.4 Å². The highest BCUT2D eigenvalue weighted by atomic mass is 35.5. The predicted molar refractivity (Wildman–Crippen MR) is 77.1 cm³/mol. The summed E-state index contributed by atoms with van der Waals surface area (Å²) >= 11 is 5.84. The molecule has 2 rings (SSSR count). The van der Waals surface area contributed by atoms with Crippen LogP contribution in [0.3, 0.4) is 0 Å². The van der Waals surface area contributed by atoms with Gasteiger partial charge in [0.15, 0.2) is 0 Å². The fraction of sp³-hybridized carbons (Fsp3) is 0.231. The van der Waals surface area contributed by atoms with Crippen LogP contribution in [0.2, 0.25) is 5.02 Å². The zero-order chi connectivity index (χ0) is 13.5. The Morgan fingerprint density at radius 3 is 2.63 bits per heavy atom. The number of rotatable bonds is 6. The molecule has 5 nitrogen and oxygen atoms in total. The van der Waals surface area contributed by atoms with Gasteiger partial charge in [0.2, 0.25) is 0 Å². The van der Waals surface area contributed by atoms with Crippen molar-refractivity contribution in [2.24, 2.45) is 0 Å². The molecule has 1 aromatic carbocycles. The van der Waals surface area contributed by atoms with Gasteiger partial charge in [-0.05, 0) is 24.3 Å². The molecule has 0 fully saturated rings. The number of anilines is 3. The first-order chi connectivity index (χ1) is 9.28. The minimum atomic E-state index is 0.629. The van der Waals surface area contributed by atoms with Gasteiger partial charge in [-0.25, -0.2) is 9.97 Å². The van der Waals surface area contributed by atoms with Crippen molar-refractivity contribution in [3.05, 3.63) is 41.7 Å². The number of nitrogens with one attached hydrogen (secondary N) is 2. The normalized spacial score (nSPS) is 10.2. The van der Waals surface area contributed by atoms with Crippen molar-refractivity contribution in [3.8, 4) is 0 Å². The molecule has 100 valence electrons. The molecule has 0 bridgehead atoms.